The van der Waals surface area contributed by atoms with E-state index in [0.717, 1.165) is 28.7 Å². The van der Waals surface area contributed by atoms with Crippen molar-refractivity contribution in [3.63, 3.8) is 0 Å². The second-order valence-corrected chi connectivity index (χ2v) is 4.52. The van der Waals surface area contributed by atoms with E-state index in [2.05, 4.69) is 16.9 Å². The maximum Gasteiger partial charge on any atom is 0.183 e. The first-order valence-corrected chi connectivity index (χ1v) is 6.75. The lowest BCUT2D eigenvalue weighted by molar-refractivity contribution is 0.340. The highest BCUT2D eigenvalue weighted by molar-refractivity contribution is 7.14. The van der Waals surface area contributed by atoms with E-state index in [-0.39, 0.29) is 0 Å². The van der Waals surface area contributed by atoms with Gasteiger partial charge in [-0.25, -0.2) is 4.98 Å². The van der Waals surface area contributed by atoms with Gasteiger partial charge in [0.05, 0.1) is 12.3 Å². The van der Waals surface area contributed by atoms with Crippen molar-refractivity contribution in [1.82, 2.24) is 4.98 Å². The molecule has 1 aromatic carbocycles. The number of thiazole rings is 1. The largest absolute Gasteiger partial charge is 0.494 e. The SMILES string of the molecule is C=CCNc1nc(-c2ccc(OCC)cc2)cs1. The molecule has 2 rings (SSSR count). The van der Waals surface area contributed by atoms with Crippen LogP contribution in [0, 0.1) is 0 Å². The summed E-state index contributed by atoms with van der Waals surface area (Å²) >= 11 is 1.60. The first-order valence-electron chi connectivity index (χ1n) is 5.87. The molecule has 0 spiro atoms. The Balaban J connectivity index is 2.10. The maximum atomic E-state index is 5.41. The van der Waals surface area contributed by atoms with Gasteiger partial charge in [0.25, 0.3) is 0 Å². The average Bonchev–Trinajstić information content (AvgIpc) is 2.86. The van der Waals surface area contributed by atoms with E-state index in [1.165, 1.54) is 0 Å². The van der Waals surface area contributed by atoms with Crippen LogP contribution in [-0.4, -0.2) is 18.1 Å². The van der Waals surface area contributed by atoms with E-state index in [0.29, 0.717) is 6.61 Å². The molecule has 94 valence electrons. The molecule has 0 fully saturated rings. The Labute approximate surface area is 111 Å². The first kappa shape index (κ1) is 12.6. The Kier molecular flexibility index (Phi) is 4.36. The summed E-state index contributed by atoms with van der Waals surface area (Å²) in [6, 6.07) is 7.98. The Morgan fingerprint density at radius 3 is 2.83 bits per heavy atom. The predicted octanol–water partition coefficient (Wildman–Crippen LogP) is 3.81. The molecule has 0 radical (unpaired) electrons. The Hall–Kier alpha value is -1.81. The van der Waals surface area contributed by atoms with Crippen LogP contribution >= 0.6 is 11.3 Å². The number of hydrogen-bond acceptors (Lipinski definition) is 4. The lowest BCUT2D eigenvalue weighted by Crippen LogP contribution is -1.96. The van der Waals surface area contributed by atoms with Crippen molar-refractivity contribution in [2.24, 2.45) is 0 Å². The van der Waals surface area contributed by atoms with Crippen molar-refractivity contribution in [2.45, 2.75) is 6.92 Å². The minimum absolute atomic E-state index is 0.686. The smallest absolute Gasteiger partial charge is 0.183 e. The molecule has 0 saturated carbocycles. The summed E-state index contributed by atoms with van der Waals surface area (Å²) in [5.74, 6) is 0.890. The van der Waals surface area contributed by atoms with E-state index >= 15 is 0 Å². The zero-order valence-electron chi connectivity index (χ0n) is 10.3. The second kappa shape index (κ2) is 6.21. The van der Waals surface area contributed by atoms with Gasteiger partial charge in [-0.1, -0.05) is 6.08 Å². The van der Waals surface area contributed by atoms with Crippen LogP contribution in [0.1, 0.15) is 6.92 Å². The third kappa shape index (κ3) is 3.11. The van der Waals surface area contributed by atoms with Crippen molar-refractivity contribution in [2.75, 3.05) is 18.5 Å². The quantitative estimate of drug-likeness (QED) is 0.802. The van der Waals surface area contributed by atoms with Crippen LogP contribution in [-0.2, 0) is 0 Å². The Bertz CT molecular complexity index is 505. The van der Waals surface area contributed by atoms with E-state index in [4.69, 9.17) is 4.74 Å². The normalized spacial score (nSPS) is 10.1. The van der Waals surface area contributed by atoms with Crippen molar-refractivity contribution >= 4 is 16.5 Å². The summed E-state index contributed by atoms with van der Waals surface area (Å²) in [5.41, 5.74) is 2.08. The Morgan fingerprint density at radius 2 is 2.17 bits per heavy atom. The molecule has 2 aromatic rings. The first-order chi connectivity index (χ1) is 8.83. The standard InChI is InChI=1S/C14H16N2OS/c1-3-9-15-14-16-13(10-18-14)11-5-7-12(8-6-11)17-4-2/h3,5-8,10H,1,4,9H2,2H3,(H,15,16). The number of anilines is 1. The third-order valence-corrected chi connectivity index (χ3v) is 3.16. The summed E-state index contributed by atoms with van der Waals surface area (Å²) in [7, 11) is 0. The fraction of sp³-hybridized carbons (Fsp3) is 0.214. The molecule has 0 atom stereocenters. The van der Waals surface area contributed by atoms with Crippen molar-refractivity contribution < 1.29 is 4.74 Å². The number of nitrogens with zero attached hydrogens (tertiary/aromatic N) is 1. The van der Waals surface area contributed by atoms with Gasteiger partial charge < -0.3 is 10.1 Å². The second-order valence-electron chi connectivity index (χ2n) is 3.66. The van der Waals surface area contributed by atoms with Gasteiger partial charge in [-0.2, -0.15) is 0 Å². The fourth-order valence-corrected chi connectivity index (χ4v) is 2.27. The molecule has 0 amide bonds. The molecule has 1 heterocycles. The van der Waals surface area contributed by atoms with Gasteiger partial charge in [0.2, 0.25) is 0 Å². The summed E-state index contributed by atoms with van der Waals surface area (Å²) in [6.07, 6.45) is 1.82. The molecule has 3 nitrogen and oxygen atoms in total. The van der Waals surface area contributed by atoms with Crippen LogP contribution in [0.25, 0.3) is 11.3 Å². The molecule has 0 aliphatic rings. The number of benzene rings is 1. The highest BCUT2D eigenvalue weighted by atomic mass is 32.1. The van der Waals surface area contributed by atoms with Crippen molar-refractivity contribution in [1.29, 1.82) is 0 Å². The minimum Gasteiger partial charge on any atom is -0.494 e. The number of hydrogen-bond donors (Lipinski definition) is 1. The van der Waals surface area contributed by atoms with Gasteiger partial charge >= 0.3 is 0 Å². The zero-order chi connectivity index (χ0) is 12.8. The molecule has 1 N–H and O–H groups in total. The van der Waals surface area contributed by atoms with Gasteiger partial charge in [-0.15, -0.1) is 17.9 Å². The zero-order valence-corrected chi connectivity index (χ0v) is 11.2. The lowest BCUT2D eigenvalue weighted by Gasteiger charge is -2.03. The van der Waals surface area contributed by atoms with E-state index in [9.17, 15) is 0 Å². The van der Waals surface area contributed by atoms with Crippen LogP contribution in [0.5, 0.6) is 5.75 Å². The molecule has 1 aromatic heterocycles. The number of aromatic nitrogens is 1. The maximum absolute atomic E-state index is 5.41. The van der Waals surface area contributed by atoms with Gasteiger partial charge in [-0.3, -0.25) is 0 Å². The molecule has 0 bridgehead atoms. The van der Waals surface area contributed by atoms with Crippen LogP contribution in [0.4, 0.5) is 5.13 Å². The van der Waals surface area contributed by atoms with Gasteiger partial charge in [0.1, 0.15) is 5.75 Å². The Morgan fingerprint density at radius 1 is 1.39 bits per heavy atom. The molecule has 0 saturated heterocycles. The highest BCUT2D eigenvalue weighted by Crippen LogP contribution is 2.26. The molecule has 0 aliphatic heterocycles. The van der Waals surface area contributed by atoms with Crippen LogP contribution < -0.4 is 10.1 Å². The molecular formula is C14H16N2OS. The number of ether oxygens (including phenoxy) is 1. The van der Waals surface area contributed by atoms with Crippen molar-refractivity contribution in [3.05, 3.63) is 42.3 Å². The van der Waals surface area contributed by atoms with Crippen molar-refractivity contribution in [3.8, 4) is 17.0 Å². The molecular weight excluding hydrogens is 244 g/mol. The van der Waals surface area contributed by atoms with Crippen LogP contribution in [0.15, 0.2) is 42.3 Å². The average molecular weight is 260 g/mol. The van der Waals surface area contributed by atoms with Gasteiger partial charge in [0, 0.05) is 17.5 Å². The summed E-state index contributed by atoms with van der Waals surface area (Å²) in [5, 5.41) is 6.14. The van der Waals surface area contributed by atoms with E-state index in [1.54, 1.807) is 11.3 Å². The topological polar surface area (TPSA) is 34.2 Å². The number of nitrogens with one attached hydrogen (secondary N) is 1. The molecule has 4 heteroatoms. The van der Waals surface area contributed by atoms with E-state index < -0.39 is 0 Å². The highest BCUT2D eigenvalue weighted by Gasteiger charge is 2.04. The summed E-state index contributed by atoms with van der Waals surface area (Å²) < 4.78 is 5.41. The van der Waals surface area contributed by atoms with Gasteiger partial charge in [0.15, 0.2) is 5.13 Å². The van der Waals surface area contributed by atoms with Gasteiger partial charge in [-0.05, 0) is 31.2 Å². The summed E-state index contributed by atoms with van der Waals surface area (Å²) in [6.45, 7) is 7.06. The molecule has 0 unspecified atom stereocenters. The minimum atomic E-state index is 0.686. The lowest BCUT2D eigenvalue weighted by atomic mass is 10.2. The molecule has 18 heavy (non-hydrogen) atoms. The molecule has 0 aliphatic carbocycles. The number of rotatable bonds is 6. The fourth-order valence-electron chi connectivity index (χ4n) is 1.54. The van der Waals surface area contributed by atoms with E-state index in [1.807, 2.05) is 42.6 Å². The predicted molar refractivity (Wildman–Crippen MR) is 77.4 cm³/mol. The third-order valence-electron chi connectivity index (χ3n) is 2.36. The monoisotopic (exact) mass is 260 g/mol. The summed E-state index contributed by atoms with van der Waals surface area (Å²) in [4.78, 5) is 4.51. The van der Waals surface area contributed by atoms with Crippen LogP contribution in [0.3, 0.4) is 0 Å². The van der Waals surface area contributed by atoms with Crippen LogP contribution in [0.2, 0.25) is 0 Å².